The highest BCUT2D eigenvalue weighted by molar-refractivity contribution is 7.09. The third kappa shape index (κ3) is 3.15. The second-order valence-electron chi connectivity index (χ2n) is 4.55. The molecule has 0 saturated carbocycles. The molecule has 1 aliphatic heterocycles. The molecule has 0 aliphatic carbocycles. The van der Waals surface area contributed by atoms with Crippen LogP contribution in [0, 0.1) is 6.92 Å². The van der Waals surface area contributed by atoms with E-state index in [1.165, 1.54) is 0 Å². The van der Waals surface area contributed by atoms with Crippen LogP contribution in [0.1, 0.15) is 22.6 Å². The summed E-state index contributed by atoms with van der Waals surface area (Å²) in [6, 6.07) is 1.94. The largest absolute Gasteiger partial charge is 0.369 e. The van der Waals surface area contributed by atoms with E-state index in [1.807, 2.05) is 24.6 Å². The molecule has 3 heterocycles. The Bertz CT molecular complexity index is 531. The van der Waals surface area contributed by atoms with E-state index in [0.717, 1.165) is 42.8 Å². The number of hydrogen-bond acceptors (Lipinski definition) is 6. The summed E-state index contributed by atoms with van der Waals surface area (Å²) in [5.41, 5.74) is 0.969. The lowest BCUT2D eigenvalue weighted by Crippen LogP contribution is -2.38. The Morgan fingerprint density at radius 1 is 1.42 bits per heavy atom. The van der Waals surface area contributed by atoms with Gasteiger partial charge in [0.25, 0.3) is 0 Å². The first kappa shape index (κ1) is 12.7. The number of aryl methyl sites for hydroxylation is 1. The van der Waals surface area contributed by atoms with Crippen LogP contribution in [0.15, 0.2) is 23.8 Å². The number of morpholine rings is 1. The molecule has 1 aliphatic rings. The second kappa shape index (κ2) is 5.73. The molecule has 0 bridgehead atoms. The minimum atomic E-state index is 0.0374. The van der Waals surface area contributed by atoms with Crippen molar-refractivity contribution in [3.8, 4) is 0 Å². The zero-order valence-electron chi connectivity index (χ0n) is 10.8. The molecule has 5 nitrogen and oxygen atoms in total. The maximum atomic E-state index is 5.82. The molecule has 1 atom stereocenters. The first-order chi connectivity index (χ1) is 9.31. The van der Waals surface area contributed by atoms with Gasteiger partial charge < -0.3 is 4.74 Å². The predicted octanol–water partition coefficient (Wildman–Crippen LogP) is 1.82. The smallest absolute Gasteiger partial charge is 0.125 e. The maximum absolute atomic E-state index is 5.82. The molecule has 1 saturated heterocycles. The van der Waals surface area contributed by atoms with Gasteiger partial charge in [-0.05, 0) is 13.0 Å². The lowest BCUT2D eigenvalue weighted by atomic mass is 10.2. The topological polar surface area (TPSA) is 51.1 Å². The van der Waals surface area contributed by atoms with Crippen LogP contribution in [0.25, 0.3) is 0 Å². The number of ether oxygens (including phenoxy) is 1. The molecular formula is C13H16N4OS. The molecule has 0 radical (unpaired) electrons. The second-order valence-corrected chi connectivity index (χ2v) is 5.53. The summed E-state index contributed by atoms with van der Waals surface area (Å²) >= 11 is 1.70. The number of thiazole rings is 1. The molecule has 0 unspecified atom stereocenters. The number of rotatable bonds is 3. The highest BCUT2D eigenvalue weighted by Gasteiger charge is 2.23. The number of nitrogens with zero attached hydrogens (tertiary/aromatic N) is 4. The quantitative estimate of drug-likeness (QED) is 0.856. The molecule has 0 amide bonds. The average molecular weight is 276 g/mol. The molecule has 0 aromatic carbocycles. The molecule has 6 heteroatoms. The SMILES string of the molecule is Cc1nccc([C@H]2CN(Cc3nccs3)CCO2)n1. The Balaban J connectivity index is 1.67. The fourth-order valence-corrected chi connectivity index (χ4v) is 2.86. The van der Waals surface area contributed by atoms with Crippen LogP contribution in [0.2, 0.25) is 0 Å². The van der Waals surface area contributed by atoms with Crippen LogP contribution in [0.3, 0.4) is 0 Å². The van der Waals surface area contributed by atoms with Gasteiger partial charge >= 0.3 is 0 Å². The van der Waals surface area contributed by atoms with Crippen molar-refractivity contribution in [2.45, 2.75) is 19.6 Å². The molecule has 3 rings (SSSR count). The van der Waals surface area contributed by atoms with Gasteiger partial charge in [-0.1, -0.05) is 0 Å². The summed E-state index contributed by atoms with van der Waals surface area (Å²) < 4.78 is 5.82. The van der Waals surface area contributed by atoms with Crippen molar-refractivity contribution in [3.63, 3.8) is 0 Å². The fraction of sp³-hybridized carbons (Fsp3) is 0.462. The van der Waals surface area contributed by atoms with E-state index >= 15 is 0 Å². The lowest BCUT2D eigenvalue weighted by Gasteiger charge is -2.32. The van der Waals surface area contributed by atoms with Crippen LogP contribution in [-0.4, -0.2) is 39.5 Å². The van der Waals surface area contributed by atoms with E-state index in [2.05, 4.69) is 19.9 Å². The van der Waals surface area contributed by atoms with Gasteiger partial charge in [0, 0.05) is 30.9 Å². The maximum Gasteiger partial charge on any atom is 0.125 e. The minimum Gasteiger partial charge on any atom is -0.369 e. The number of aromatic nitrogens is 3. The van der Waals surface area contributed by atoms with Gasteiger partial charge in [-0.25, -0.2) is 15.0 Å². The van der Waals surface area contributed by atoms with Crippen LogP contribution < -0.4 is 0 Å². The monoisotopic (exact) mass is 276 g/mol. The zero-order valence-corrected chi connectivity index (χ0v) is 11.6. The van der Waals surface area contributed by atoms with Crippen molar-refractivity contribution in [3.05, 3.63) is 40.4 Å². The summed E-state index contributed by atoms with van der Waals surface area (Å²) in [5, 5.41) is 3.17. The highest BCUT2D eigenvalue weighted by Crippen LogP contribution is 2.22. The standard InChI is InChI=1S/C13H16N4OS/c1-10-14-3-2-11(16-10)12-8-17(5-6-18-12)9-13-15-4-7-19-13/h2-4,7,12H,5-6,8-9H2,1H3/t12-/m1/s1. The van der Waals surface area contributed by atoms with Gasteiger partial charge in [0.2, 0.25) is 0 Å². The normalized spacial score (nSPS) is 20.6. The van der Waals surface area contributed by atoms with Crippen molar-refractivity contribution in [2.75, 3.05) is 19.7 Å². The van der Waals surface area contributed by atoms with Gasteiger partial charge in [-0.2, -0.15) is 0 Å². The van der Waals surface area contributed by atoms with Crippen LogP contribution >= 0.6 is 11.3 Å². The van der Waals surface area contributed by atoms with Gasteiger partial charge in [-0.15, -0.1) is 11.3 Å². The van der Waals surface area contributed by atoms with E-state index in [0.29, 0.717) is 0 Å². The molecule has 2 aromatic rings. The Morgan fingerprint density at radius 2 is 2.37 bits per heavy atom. The third-order valence-corrected chi connectivity index (χ3v) is 3.88. The van der Waals surface area contributed by atoms with E-state index in [9.17, 15) is 0 Å². The summed E-state index contributed by atoms with van der Waals surface area (Å²) in [5.74, 6) is 0.790. The van der Waals surface area contributed by atoms with Gasteiger partial charge in [0.05, 0.1) is 18.8 Å². The van der Waals surface area contributed by atoms with Crippen molar-refractivity contribution in [2.24, 2.45) is 0 Å². The van der Waals surface area contributed by atoms with E-state index in [-0.39, 0.29) is 6.10 Å². The van der Waals surface area contributed by atoms with Crippen molar-refractivity contribution >= 4 is 11.3 Å². The molecule has 100 valence electrons. The minimum absolute atomic E-state index is 0.0374. The van der Waals surface area contributed by atoms with Gasteiger partial charge in [0.15, 0.2) is 0 Å². The van der Waals surface area contributed by atoms with E-state index < -0.39 is 0 Å². The molecule has 0 N–H and O–H groups in total. The first-order valence-electron chi connectivity index (χ1n) is 6.33. The fourth-order valence-electron chi connectivity index (χ4n) is 2.20. The van der Waals surface area contributed by atoms with E-state index in [1.54, 1.807) is 17.5 Å². The summed E-state index contributed by atoms with van der Waals surface area (Å²) in [7, 11) is 0. The molecule has 1 fully saturated rings. The van der Waals surface area contributed by atoms with Crippen molar-refractivity contribution in [1.82, 2.24) is 19.9 Å². The summed E-state index contributed by atoms with van der Waals surface area (Å²) in [4.78, 5) is 15.3. The Labute approximate surface area is 116 Å². The Morgan fingerprint density at radius 3 is 3.16 bits per heavy atom. The van der Waals surface area contributed by atoms with E-state index in [4.69, 9.17) is 4.74 Å². The lowest BCUT2D eigenvalue weighted by molar-refractivity contribution is -0.0351. The summed E-state index contributed by atoms with van der Waals surface area (Å²) in [6.45, 7) is 5.33. The molecular weight excluding hydrogens is 260 g/mol. The predicted molar refractivity (Wildman–Crippen MR) is 72.9 cm³/mol. The van der Waals surface area contributed by atoms with Crippen molar-refractivity contribution < 1.29 is 4.74 Å². The van der Waals surface area contributed by atoms with Crippen molar-refractivity contribution in [1.29, 1.82) is 0 Å². The average Bonchev–Trinajstić information content (AvgIpc) is 2.92. The summed E-state index contributed by atoms with van der Waals surface area (Å²) in [6.07, 6.45) is 3.68. The van der Waals surface area contributed by atoms with Crippen LogP contribution in [0.4, 0.5) is 0 Å². The van der Waals surface area contributed by atoms with Gasteiger partial charge in [0.1, 0.15) is 16.9 Å². The Hall–Kier alpha value is -1.37. The third-order valence-electron chi connectivity index (χ3n) is 3.12. The molecule has 0 spiro atoms. The van der Waals surface area contributed by atoms with Crippen LogP contribution in [-0.2, 0) is 11.3 Å². The Kier molecular flexibility index (Phi) is 3.82. The van der Waals surface area contributed by atoms with Crippen LogP contribution in [0.5, 0.6) is 0 Å². The number of hydrogen-bond donors (Lipinski definition) is 0. The zero-order chi connectivity index (χ0) is 13.1. The first-order valence-corrected chi connectivity index (χ1v) is 7.21. The van der Waals surface area contributed by atoms with Gasteiger partial charge in [-0.3, -0.25) is 4.90 Å². The molecule has 19 heavy (non-hydrogen) atoms. The molecule has 2 aromatic heterocycles. The highest BCUT2D eigenvalue weighted by atomic mass is 32.1.